The standard InChI is InChI=1S/C19H14ClFN8O/c20-15-13(19(21)8-30-9-19)3-10(5-22)4-14(15)26-18-27-16(25-11-1-2-11)17-24-7-12(6-23)29(17)28-18/h3-4,7,11H,1-2,8-9H2,(H2,25,26,27,28). The summed E-state index contributed by atoms with van der Waals surface area (Å²) in [6.45, 7) is -0.251. The fourth-order valence-corrected chi connectivity index (χ4v) is 3.52. The smallest absolute Gasteiger partial charge is 0.247 e. The Balaban J connectivity index is 1.59. The van der Waals surface area contributed by atoms with Crippen LogP contribution in [0.25, 0.3) is 5.65 Å². The highest BCUT2D eigenvalue weighted by molar-refractivity contribution is 6.34. The van der Waals surface area contributed by atoms with Gasteiger partial charge in [-0.15, -0.1) is 5.10 Å². The number of nitrogens with zero attached hydrogens (tertiary/aromatic N) is 6. The van der Waals surface area contributed by atoms with Gasteiger partial charge in [0.2, 0.25) is 5.95 Å². The van der Waals surface area contributed by atoms with Gasteiger partial charge in [-0.2, -0.15) is 20.0 Å². The molecule has 5 rings (SSSR count). The molecule has 0 atom stereocenters. The molecule has 1 aliphatic heterocycles. The average Bonchev–Trinajstić information content (AvgIpc) is 3.44. The Kier molecular flexibility index (Phi) is 4.21. The lowest BCUT2D eigenvalue weighted by molar-refractivity contribution is -0.135. The molecule has 0 radical (unpaired) electrons. The first kappa shape index (κ1) is 18.6. The first-order valence-corrected chi connectivity index (χ1v) is 9.59. The Morgan fingerprint density at radius 2 is 2.07 bits per heavy atom. The molecule has 2 aromatic heterocycles. The number of ether oxygens (including phenoxy) is 1. The van der Waals surface area contributed by atoms with E-state index in [1.165, 1.54) is 22.8 Å². The second-order valence-electron chi connectivity index (χ2n) is 7.27. The monoisotopic (exact) mass is 424 g/mol. The van der Waals surface area contributed by atoms with Gasteiger partial charge in [-0.05, 0) is 25.0 Å². The number of hydrogen-bond donors (Lipinski definition) is 2. The van der Waals surface area contributed by atoms with E-state index >= 15 is 0 Å². The van der Waals surface area contributed by atoms with Gasteiger partial charge in [0.15, 0.2) is 22.8 Å². The maximum Gasteiger partial charge on any atom is 0.247 e. The van der Waals surface area contributed by atoms with Gasteiger partial charge in [-0.3, -0.25) is 0 Å². The first-order chi connectivity index (χ1) is 14.5. The van der Waals surface area contributed by atoms with Crippen LogP contribution in [0.5, 0.6) is 0 Å². The topological polar surface area (TPSA) is 124 Å². The molecule has 0 bridgehead atoms. The summed E-state index contributed by atoms with van der Waals surface area (Å²) in [5, 5.41) is 29.4. The van der Waals surface area contributed by atoms with E-state index in [1.54, 1.807) is 0 Å². The molecule has 1 aromatic carbocycles. The van der Waals surface area contributed by atoms with Crippen LogP contribution in [0.15, 0.2) is 18.3 Å². The van der Waals surface area contributed by atoms with Crippen molar-refractivity contribution in [3.63, 3.8) is 0 Å². The third-order valence-corrected chi connectivity index (χ3v) is 5.39. The molecule has 1 saturated carbocycles. The molecule has 2 fully saturated rings. The molecule has 3 heterocycles. The molecule has 2 aliphatic rings. The lowest BCUT2D eigenvalue weighted by Crippen LogP contribution is -2.42. The van der Waals surface area contributed by atoms with Crippen LogP contribution >= 0.6 is 11.6 Å². The van der Waals surface area contributed by atoms with E-state index < -0.39 is 5.67 Å². The minimum atomic E-state index is -1.75. The van der Waals surface area contributed by atoms with Gasteiger partial charge in [-0.1, -0.05) is 11.6 Å². The average molecular weight is 425 g/mol. The van der Waals surface area contributed by atoms with E-state index in [1.807, 2.05) is 12.1 Å². The maximum atomic E-state index is 15.0. The summed E-state index contributed by atoms with van der Waals surface area (Å²) in [5.41, 5.74) is -0.391. The number of hydrogen-bond acceptors (Lipinski definition) is 8. The maximum absolute atomic E-state index is 15.0. The summed E-state index contributed by atoms with van der Waals surface area (Å²) in [6.07, 6.45) is 3.45. The normalized spacial score (nSPS) is 17.1. The Labute approximate surface area is 175 Å². The summed E-state index contributed by atoms with van der Waals surface area (Å²) in [4.78, 5) is 8.68. The van der Waals surface area contributed by atoms with E-state index in [0.29, 0.717) is 17.5 Å². The molecule has 2 N–H and O–H groups in total. The van der Waals surface area contributed by atoms with Crippen LogP contribution in [0.4, 0.5) is 21.8 Å². The Bertz CT molecular complexity index is 1250. The SMILES string of the molecule is N#Cc1cc(Nc2nc(NC3CC3)c3ncc(C#N)n3n2)c(Cl)c(C2(F)COC2)c1. The number of benzene rings is 1. The zero-order chi connectivity index (χ0) is 20.9. The van der Waals surface area contributed by atoms with Gasteiger partial charge in [0.05, 0.1) is 41.8 Å². The highest BCUT2D eigenvalue weighted by Crippen LogP contribution is 2.42. The largest absolute Gasteiger partial charge is 0.374 e. The zero-order valence-corrected chi connectivity index (χ0v) is 16.2. The fourth-order valence-electron chi connectivity index (χ4n) is 3.19. The van der Waals surface area contributed by atoms with Crippen molar-refractivity contribution in [1.29, 1.82) is 10.5 Å². The third-order valence-electron chi connectivity index (χ3n) is 4.99. The van der Waals surface area contributed by atoms with Crippen LogP contribution in [0.1, 0.15) is 29.7 Å². The molecule has 30 heavy (non-hydrogen) atoms. The van der Waals surface area contributed by atoms with E-state index in [9.17, 15) is 14.9 Å². The number of alkyl halides is 1. The Morgan fingerprint density at radius 1 is 1.27 bits per heavy atom. The summed E-state index contributed by atoms with van der Waals surface area (Å²) < 4.78 is 21.3. The van der Waals surface area contributed by atoms with E-state index in [2.05, 4.69) is 25.7 Å². The number of rotatable bonds is 5. The summed E-state index contributed by atoms with van der Waals surface area (Å²) in [5.74, 6) is 0.597. The minimum absolute atomic E-state index is 0.117. The van der Waals surface area contributed by atoms with Gasteiger partial charge >= 0.3 is 0 Å². The van der Waals surface area contributed by atoms with Crippen LogP contribution in [-0.4, -0.2) is 38.8 Å². The van der Waals surface area contributed by atoms with E-state index in [4.69, 9.17) is 16.3 Å². The van der Waals surface area contributed by atoms with Crippen molar-refractivity contribution in [2.24, 2.45) is 0 Å². The van der Waals surface area contributed by atoms with Crippen LogP contribution < -0.4 is 10.6 Å². The molecular weight excluding hydrogens is 411 g/mol. The van der Waals surface area contributed by atoms with Crippen molar-refractivity contribution >= 4 is 34.7 Å². The highest BCUT2D eigenvalue weighted by Gasteiger charge is 2.43. The van der Waals surface area contributed by atoms with Gasteiger partial charge < -0.3 is 15.4 Å². The van der Waals surface area contributed by atoms with E-state index in [-0.39, 0.29) is 46.7 Å². The molecule has 9 nitrogen and oxygen atoms in total. The number of aromatic nitrogens is 4. The molecule has 1 saturated heterocycles. The predicted molar refractivity (Wildman–Crippen MR) is 105 cm³/mol. The van der Waals surface area contributed by atoms with Crippen LogP contribution in [-0.2, 0) is 10.4 Å². The van der Waals surface area contributed by atoms with Crippen molar-refractivity contribution in [2.75, 3.05) is 23.8 Å². The van der Waals surface area contributed by atoms with Crippen molar-refractivity contribution in [2.45, 2.75) is 24.6 Å². The van der Waals surface area contributed by atoms with Crippen LogP contribution in [0.2, 0.25) is 5.02 Å². The fraction of sp³-hybridized carbons (Fsp3) is 0.316. The highest BCUT2D eigenvalue weighted by atomic mass is 35.5. The van der Waals surface area contributed by atoms with Crippen molar-refractivity contribution in [3.05, 3.63) is 40.2 Å². The predicted octanol–water partition coefficient (Wildman–Crippen LogP) is 3.03. The summed E-state index contributed by atoms with van der Waals surface area (Å²) in [7, 11) is 0. The van der Waals surface area contributed by atoms with Crippen molar-refractivity contribution in [3.8, 4) is 12.1 Å². The van der Waals surface area contributed by atoms with Crippen LogP contribution in [0.3, 0.4) is 0 Å². The number of anilines is 3. The Morgan fingerprint density at radius 3 is 2.70 bits per heavy atom. The molecule has 3 aromatic rings. The third kappa shape index (κ3) is 3.07. The molecule has 0 amide bonds. The first-order valence-electron chi connectivity index (χ1n) is 9.21. The zero-order valence-electron chi connectivity index (χ0n) is 15.5. The second-order valence-corrected chi connectivity index (χ2v) is 7.65. The number of fused-ring (bicyclic) bond motifs is 1. The number of halogens is 2. The van der Waals surface area contributed by atoms with E-state index in [0.717, 1.165) is 12.8 Å². The number of nitriles is 2. The van der Waals surface area contributed by atoms with Gasteiger partial charge in [-0.25, -0.2) is 9.37 Å². The molecule has 11 heteroatoms. The lowest BCUT2D eigenvalue weighted by Gasteiger charge is -2.35. The number of nitrogens with one attached hydrogen (secondary N) is 2. The van der Waals surface area contributed by atoms with Crippen LogP contribution in [0, 0.1) is 22.7 Å². The molecule has 0 unspecified atom stereocenters. The van der Waals surface area contributed by atoms with Gasteiger partial charge in [0.25, 0.3) is 0 Å². The lowest BCUT2D eigenvalue weighted by atomic mass is 9.92. The molecule has 1 aliphatic carbocycles. The van der Waals surface area contributed by atoms with Gasteiger partial charge in [0, 0.05) is 11.6 Å². The second kappa shape index (κ2) is 6.80. The van der Waals surface area contributed by atoms with Crippen molar-refractivity contribution in [1.82, 2.24) is 19.6 Å². The summed E-state index contributed by atoms with van der Waals surface area (Å²) in [6, 6.07) is 7.25. The summed E-state index contributed by atoms with van der Waals surface area (Å²) >= 11 is 6.46. The molecule has 0 spiro atoms. The Hall–Kier alpha value is -3.47. The van der Waals surface area contributed by atoms with Crippen molar-refractivity contribution < 1.29 is 9.13 Å². The molecule has 150 valence electrons. The quantitative estimate of drug-likeness (QED) is 0.640. The van der Waals surface area contributed by atoms with Gasteiger partial charge in [0.1, 0.15) is 6.07 Å². The number of imidazole rings is 1. The minimum Gasteiger partial charge on any atom is -0.374 e. The molecular formula is C19H14ClFN8O.